The van der Waals surface area contributed by atoms with E-state index in [-0.39, 0.29) is 0 Å². The van der Waals surface area contributed by atoms with Gasteiger partial charge in [-0.05, 0) is 0 Å². The Balaban J connectivity index is 2.36. The molecule has 1 rings (SSSR count). The first-order chi connectivity index (χ1) is 4.97. The van der Waals surface area contributed by atoms with Crippen LogP contribution in [-0.4, -0.2) is 29.3 Å². The van der Waals surface area contributed by atoms with Crippen molar-refractivity contribution < 1.29 is 13.2 Å². The van der Waals surface area contributed by atoms with E-state index in [1.807, 2.05) is 0 Å². The molecular weight excluding hydrogens is 181 g/mol. The molecule has 0 amide bonds. The van der Waals surface area contributed by atoms with E-state index in [1.165, 1.54) is 0 Å². The molecule has 0 aromatic rings. The average molecular weight is 185 g/mol. The van der Waals surface area contributed by atoms with Gasteiger partial charge in [-0.3, -0.25) is 5.01 Å². The molecule has 0 fully saturated rings. The second-order valence-electron chi connectivity index (χ2n) is 1.99. The summed E-state index contributed by atoms with van der Waals surface area (Å²) in [6, 6.07) is 0. The summed E-state index contributed by atoms with van der Waals surface area (Å²) in [6.07, 6.45) is -1.99. The third kappa shape index (κ3) is 2.96. The van der Waals surface area contributed by atoms with Crippen LogP contribution in [0.1, 0.15) is 0 Å². The Bertz CT molecular complexity index is 168. The van der Waals surface area contributed by atoms with Gasteiger partial charge in [-0.1, -0.05) is 0 Å². The summed E-state index contributed by atoms with van der Waals surface area (Å²) in [4.78, 5) is 0. The quantitative estimate of drug-likeness (QED) is 0.564. The predicted molar refractivity (Wildman–Crippen MR) is 34.1 cm³/mol. The van der Waals surface area contributed by atoms with Crippen molar-refractivity contribution in [2.24, 2.45) is 5.10 Å². The molecule has 0 bridgehead atoms. The normalized spacial score (nSPS) is 24.7. The summed E-state index contributed by atoms with van der Waals surface area (Å²) in [5, 5.41) is 3.36. The van der Waals surface area contributed by atoms with E-state index in [0.717, 1.165) is 11.6 Å². The van der Waals surface area contributed by atoms with Crippen molar-refractivity contribution in [3.05, 3.63) is 6.54 Å². The molecule has 11 heavy (non-hydrogen) atoms. The number of hydrogen-bond acceptors (Lipinski definition) is 2. The molecule has 62 valence electrons. The Kier molecular flexibility index (Phi) is 2.27. The maximum atomic E-state index is 11.6. The van der Waals surface area contributed by atoms with Gasteiger partial charge < -0.3 is 0 Å². The molecule has 1 heterocycles. The minimum atomic E-state index is -4.25. The van der Waals surface area contributed by atoms with Gasteiger partial charge in [0.1, 0.15) is 18.1 Å². The number of rotatable bonds is 1. The number of hydrazone groups is 1. The number of halogens is 4. The van der Waals surface area contributed by atoms with E-state index in [4.69, 9.17) is 11.6 Å². The van der Waals surface area contributed by atoms with Crippen LogP contribution in [0.15, 0.2) is 5.10 Å². The fraction of sp³-hybridized carbons (Fsp3) is 0.600. The second-order valence-corrected chi connectivity index (χ2v) is 2.46. The van der Waals surface area contributed by atoms with Crippen molar-refractivity contribution in [2.45, 2.75) is 11.6 Å². The molecule has 2 radical (unpaired) electrons. The number of nitrogens with zero attached hydrogens (tertiary/aromatic N) is 2. The topological polar surface area (TPSA) is 15.6 Å². The molecule has 0 saturated carbocycles. The summed E-state index contributed by atoms with van der Waals surface area (Å²) >= 11 is 5.37. The van der Waals surface area contributed by atoms with Gasteiger partial charge in [-0.25, -0.2) is 0 Å². The van der Waals surface area contributed by atoms with Crippen LogP contribution in [0.3, 0.4) is 0 Å². The molecule has 6 heteroatoms. The first kappa shape index (κ1) is 8.64. The van der Waals surface area contributed by atoms with Crippen LogP contribution in [0.25, 0.3) is 0 Å². The monoisotopic (exact) mass is 184 g/mol. The molecule has 0 saturated heterocycles. The highest BCUT2D eigenvalue weighted by Crippen LogP contribution is 2.20. The Morgan fingerprint density at radius 1 is 1.64 bits per heavy atom. The molecule has 1 aliphatic heterocycles. The smallest absolute Gasteiger partial charge is 0.280 e. The minimum absolute atomic E-state index is 0.641. The molecule has 0 N–H and O–H groups in total. The van der Waals surface area contributed by atoms with Crippen LogP contribution >= 0.6 is 11.6 Å². The fourth-order valence-corrected chi connectivity index (χ4v) is 0.793. The van der Waals surface area contributed by atoms with Crippen molar-refractivity contribution in [3.8, 4) is 0 Å². The average Bonchev–Trinajstić information content (AvgIpc) is 2.10. The van der Waals surface area contributed by atoms with Crippen LogP contribution < -0.4 is 0 Å². The zero-order chi connectivity index (χ0) is 8.48. The van der Waals surface area contributed by atoms with E-state index < -0.39 is 18.1 Å². The molecule has 0 spiro atoms. The van der Waals surface area contributed by atoms with Crippen molar-refractivity contribution in [2.75, 3.05) is 6.54 Å². The lowest BCUT2D eigenvalue weighted by molar-refractivity contribution is -0.141. The lowest BCUT2D eigenvalue weighted by Crippen LogP contribution is -2.27. The fourth-order valence-electron chi connectivity index (χ4n) is 0.619. The van der Waals surface area contributed by atoms with E-state index >= 15 is 0 Å². The zero-order valence-corrected chi connectivity index (χ0v) is 6.02. The van der Waals surface area contributed by atoms with E-state index in [9.17, 15) is 13.2 Å². The lowest BCUT2D eigenvalue weighted by atomic mass is 10.4. The lowest BCUT2D eigenvalue weighted by Gasteiger charge is -2.15. The maximum Gasteiger partial charge on any atom is 0.407 e. The highest BCUT2D eigenvalue weighted by atomic mass is 35.5. The van der Waals surface area contributed by atoms with E-state index in [1.54, 1.807) is 0 Å². The third-order valence-electron chi connectivity index (χ3n) is 0.954. The van der Waals surface area contributed by atoms with Gasteiger partial charge in [-0.2, -0.15) is 18.3 Å². The van der Waals surface area contributed by atoms with Crippen LogP contribution in [-0.2, 0) is 0 Å². The van der Waals surface area contributed by atoms with Crippen LogP contribution in [0.4, 0.5) is 13.2 Å². The Morgan fingerprint density at radius 2 is 2.27 bits per heavy atom. The van der Waals surface area contributed by atoms with E-state index in [0.29, 0.717) is 0 Å². The van der Waals surface area contributed by atoms with Crippen molar-refractivity contribution >= 4 is 17.8 Å². The van der Waals surface area contributed by atoms with Gasteiger partial charge in [0.15, 0.2) is 0 Å². The molecule has 1 atom stereocenters. The summed E-state index contributed by atoms with van der Waals surface area (Å²) in [5.74, 6) is 0. The maximum absolute atomic E-state index is 11.6. The standard InChI is InChI=1S/C5H4ClF3N2/c6-4-1-10-11(2-4)3-5(7,8)9/h2,4H,3H2. The first-order valence-electron chi connectivity index (χ1n) is 2.76. The largest absolute Gasteiger partial charge is 0.407 e. The Morgan fingerprint density at radius 3 is 2.64 bits per heavy atom. The molecule has 0 aromatic heterocycles. The summed E-state index contributed by atoms with van der Waals surface area (Å²) < 4.78 is 34.9. The molecule has 1 unspecified atom stereocenters. The highest BCUT2D eigenvalue weighted by Gasteiger charge is 2.32. The van der Waals surface area contributed by atoms with Gasteiger partial charge in [-0.15, -0.1) is 11.6 Å². The van der Waals surface area contributed by atoms with Crippen LogP contribution in [0.2, 0.25) is 0 Å². The molecule has 0 aromatic carbocycles. The zero-order valence-electron chi connectivity index (χ0n) is 5.27. The molecule has 1 aliphatic rings. The van der Waals surface area contributed by atoms with Gasteiger partial charge in [0, 0.05) is 0 Å². The van der Waals surface area contributed by atoms with Crippen molar-refractivity contribution in [3.63, 3.8) is 0 Å². The first-order valence-corrected chi connectivity index (χ1v) is 3.20. The SMILES string of the molecule is FC(F)(F)CN1[CH]C(Cl)[C]=N1. The summed E-state index contributed by atoms with van der Waals surface area (Å²) in [5.41, 5.74) is 0. The second kappa shape index (κ2) is 2.89. The Labute approximate surface area is 66.6 Å². The predicted octanol–water partition coefficient (Wildman–Crippen LogP) is 1.50. The third-order valence-corrected chi connectivity index (χ3v) is 1.16. The van der Waals surface area contributed by atoms with Crippen molar-refractivity contribution in [1.82, 2.24) is 5.01 Å². The van der Waals surface area contributed by atoms with Gasteiger partial charge in [0.25, 0.3) is 0 Å². The van der Waals surface area contributed by atoms with Crippen molar-refractivity contribution in [1.29, 1.82) is 0 Å². The van der Waals surface area contributed by atoms with Gasteiger partial charge in [0.05, 0.1) is 6.54 Å². The minimum Gasteiger partial charge on any atom is -0.280 e. The number of alkyl halides is 4. The van der Waals surface area contributed by atoms with E-state index in [2.05, 4.69) is 11.3 Å². The molecular formula is C5H4ClF3N2. The van der Waals surface area contributed by atoms with Crippen LogP contribution in [0, 0.1) is 6.54 Å². The van der Waals surface area contributed by atoms with Gasteiger partial charge >= 0.3 is 6.18 Å². The highest BCUT2D eigenvalue weighted by molar-refractivity contribution is 6.29. The summed E-state index contributed by atoms with van der Waals surface area (Å²) in [6.45, 7) is 0.0399. The van der Waals surface area contributed by atoms with Gasteiger partial charge in [0.2, 0.25) is 0 Å². The molecule has 0 aliphatic carbocycles. The summed E-state index contributed by atoms with van der Waals surface area (Å²) in [7, 11) is 0. The molecule has 2 nitrogen and oxygen atoms in total. The van der Waals surface area contributed by atoms with Crippen LogP contribution in [0.5, 0.6) is 0 Å². The number of hydrogen-bond donors (Lipinski definition) is 0. The Hall–Kier alpha value is -0.450.